The minimum atomic E-state index is -0.390. The van der Waals surface area contributed by atoms with Crippen molar-refractivity contribution in [1.29, 1.82) is 0 Å². The number of hydrogen-bond donors (Lipinski definition) is 1. The molecule has 0 heterocycles. The van der Waals surface area contributed by atoms with E-state index in [9.17, 15) is 9.90 Å². The smallest absolute Gasteiger partial charge is 0.306 e. The van der Waals surface area contributed by atoms with Crippen molar-refractivity contribution in [2.75, 3.05) is 0 Å². The largest absolute Gasteiger partial charge is 0.460 e. The predicted octanol–water partition coefficient (Wildman–Crippen LogP) is 6.37. The van der Waals surface area contributed by atoms with E-state index in [0.29, 0.717) is 29.1 Å². The number of rotatable bonds is 3. The molecule has 0 aromatic heterocycles. The first-order valence-electron chi connectivity index (χ1n) is 12.8. The lowest BCUT2D eigenvalue weighted by atomic mass is 9.44. The minimum Gasteiger partial charge on any atom is -0.460 e. The summed E-state index contributed by atoms with van der Waals surface area (Å²) in [7, 11) is 0. The maximum absolute atomic E-state index is 12.5. The highest BCUT2D eigenvalue weighted by molar-refractivity contribution is 5.70. The Balaban J connectivity index is 1.47. The Kier molecular flexibility index (Phi) is 5.87. The molecule has 1 N–H and O–H groups in total. The quantitative estimate of drug-likeness (QED) is 0.541. The van der Waals surface area contributed by atoms with Crippen LogP contribution in [0.2, 0.25) is 0 Å². The standard InChI is InChI=1S/C27H46O3/c1-17(15-24(29)30-25(2,3)4)21-9-10-22-20-8-7-18-16-19(28)11-13-26(18,5)23(20)12-14-27(21,22)6/h17-23,28H,7-16H2,1-6H3/t17-,18?,19-,20?,21?,22?,23?,26+,27-/m1/s1. The summed E-state index contributed by atoms with van der Waals surface area (Å²) in [5.41, 5.74) is 0.447. The van der Waals surface area contributed by atoms with Gasteiger partial charge in [0.2, 0.25) is 0 Å². The molecule has 0 aromatic carbocycles. The van der Waals surface area contributed by atoms with E-state index in [2.05, 4.69) is 20.8 Å². The maximum atomic E-state index is 12.5. The summed E-state index contributed by atoms with van der Waals surface area (Å²) < 4.78 is 5.64. The van der Waals surface area contributed by atoms with E-state index in [-0.39, 0.29) is 12.1 Å². The van der Waals surface area contributed by atoms with Crippen LogP contribution in [-0.4, -0.2) is 22.8 Å². The summed E-state index contributed by atoms with van der Waals surface area (Å²) in [6, 6.07) is 0. The Bertz CT molecular complexity index is 651. The molecule has 30 heavy (non-hydrogen) atoms. The second-order valence-electron chi connectivity index (χ2n) is 13.1. The lowest BCUT2D eigenvalue weighted by Crippen LogP contribution is -2.54. The predicted molar refractivity (Wildman–Crippen MR) is 121 cm³/mol. The van der Waals surface area contributed by atoms with Gasteiger partial charge in [-0.1, -0.05) is 20.8 Å². The van der Waals surface area contributed by atoms with Crippen molar-refractivity contribution in [3.05, 3.63) is 0 Å². The number of esters is 1. The molecule has 4 rings (SSSR count). The van der Waals surface area contributed by atoms with Gasteiger partial charge in [0.15, 0.2) is 0 Å². The highest BCUT2D eigenvalue weighted by atomic mass is 16.6. The average molecular weight is 419 g/mol. The van der Waals surface area contributed by atoms with Gasteiger partial charge >= 0.3 is 5.97 Å². The van der Waals surface area contributed by atoms with Gasteiger partial charge in [-0.15, -0.1) is 0 Å². The molecule has 3 nitrogen and oxygen atoms in total. The molecule has 0 aliphatic heterocycles. The van der Waals surface area contributed by atoms with Crippen LogP contribution in [0.1, 0.15) is 106 Å². The van der Waals surface area contributed by atoms with Crippen molar-refractivity contribution >= 4 is 5.97 Å². The zero-order chi connectivity index (χ0) is 21.9. The number of ether oxygens (including phenoxy) is 1. The number of carbonyl (C=O) groups is 1. The number of aliphatic hydroxyl groups excluding tert-OH is 1. The van der Waals surface area contributed by atoms with Crippen LogP contribution in [0.25, 0.3) is 0 Å². The molecule has 4 saturated carbocycles. The van der Waals surface area contributed by atoms with Gasteiger partial charge in [0, 0.05) is 6.42 Å². The second kappa shape index (κ2) is 7.78. The normalized spacial score (nSPS) is 47.0. The van der Waals surface area contributed by atoms with Crippen molar-refractivity contribution in [2.24, 2.45) is 46.3 Å². The van der Waals surface area contributed by atoms with E-state index in [0.717, 1.165) is 36.5 Å². The van der Waals surface area contributed by atoms with E-state index in [1.165, 1.54) is 44.9 Å². The van der Waals surface area contributed by atoms with Gasteiger partial charge in [-0.2, -0.15) is 0 Å². The highest BCUT2D eigenvalue weighted by Crippen LogP contribution is 2.68. The van der Waals surface area contributed by atoms with E-state index < -0.39 is 5.60 Å². The molecule has 0 bridgehead atoms. The Morgan fingerprint density at radius 1 is 1.00 bits per heavy atom. The second-order valence-corrected chi connectivity index (χ2v) is 13.1. The van der Waals surface area contributed by atoms with Crippen molar-refractivity contribution in [2.45, 2.75) is 117 Å². The zero-order valence-electron chi connectivity index (χ0n) is 20.4. The van der Waals surface area contributed by atoms with E-state index in [4.69, 9.17) is 4.74 Å². The van der Waals surface area contributed by atoms with Crippen molar-refractivity contribution in [3.8, 4) is 0 Å². The molecular weight excluding hydrogens is 372 g/mol. The Morgan fingerprint density at radius 3 is 2.37 bits per heavy atom. The molecule has 0 aromatic rings. The molecule has 172 valence electrons. The highest BCUT2D eigenvalue weighted by Gasteiger charge is 2.60. The third kappa shape index (κ3) is 3.86. The van der Waals surface area contributed by atoms with Gasteiger partial charge in [-0.05, 0) is 125 Å². The summed E-state index contributed by atoms with van der Waals surface area (Å²) in [6.45, 7) is 13.3. The SMILES string of the molecule is C[C@H](CC(=O)OC(C)(C)C)C1CCC2C3CCC4C[C@H](O)CC[C@]4(C)C3CC[C@@]21C. The van der Waals surface area contributed by atoms with Crippen LogP contribution >= 0.6 is 0 Å². The van der Waals surface area contributed by atoms with E-state index in [1.54, 1.807) is 0 Å². The van der Waals surface area contributed by atoms with E-state index >= 15 is 0 Å². The van der Waals surface area contributed by atoms with Crippen LogP contribution in [0.4, 0.5) is 0 Å². The van der Waals surface area contributed by atoms with Gasteiger partial charge in [-0.3, -0.25) is 4.79 Å². The number of carbonyl (C=O) groups excluding carboxylic acids is 1. The van der Waals surface area contributed by atoms with Crippen LogP contribution in [0.3, 0.4) is 0 Å². The van der Waals surface area contributed by atoms with Gasteiger partial charge in [0.25, 0.3) is 0 Å². The molecule has 9 atom stereocenters. The average Bonchev–Trinajstić information content (AvgIpc) is 2.98. The Labute approximate surface area is 184 Å². The molecular formula is C27H46O3. The zero-order valence-corrected chi connectivity index (χ0v) is 20.4. The number of aliphatic hydroxyl groups is 1. The van der Waals surface area contributed by atoms with Crippen LogP contribution in [-0.2, 0) is 9.53 Å². The fraction of sp³-hybridized carbons (Fsp3) is 0.963. The molecule has 0 radical (unpaired) electrons. The lowest BCUT2D eigenvalue weighted by molar-refractivity contribution is -0.157. The summed E-state index contributed by atoms with van der Waals surface area (Å²) in [4.78, 5) is 12.5. The topological polar surface area (TPSA) is 46.5 Å². The Morgan fingerprint density at radius 2 is 1.67 bits per heavy atom. The maximum Gasteiger partial charge on any atom is 0.306 e. The first-order valence-corrected chi connectivity index (χ1v) is 12.8. The monoisotopic (exact) mass is 418 g/mol. The van der Waals surface area contributed by atoms with Gasteiger partial charge in [0.1, 0.15) is 5.60 Å². The van der Waals surface area contributed by atoms with E-state index in [1.807, 2.05) is 20.8 Å². The van der Waals surface area contributed by atoms with Crippen molar-refractivity contribution in [1.82, 2.24) is 0 Å². The summed E-state index contributed by atoms with van der Waals surface area (Å²) >= 11 is 0. The van der Waals surface area contributed by atoms with Gasteiger partial charge in [-0.25, -0.2) is 0 Å². The summed E-state index contributed by atoms with van der Waals surface area (Å²) in [5.74, 6) is 4.30. The molecule has 0 saturated heterocycles. The van der Waals surface area contributed by atoms with Crippen LogP contribution in [0, 0.1) is 46.3 Å². The third-order valence-corrected chi connectivity index (χ3v) is 10.3. The molecule has 4 aliphatic carbocycles. The van der Waals surface area contributed by atoms with Crippen molar-refractivity contribution in [3.63, 3.8) is 0 Å². The van der Waals surface area contributed by atoms with Gasteiger partial charge in [0.05, 0.1) is 6.10 Å². The summed E-state index contributed by atoms with van der Waals surface area (Å²) in [6.07, 6.45) is 11.8. The van der Waals surface area contributed by atoms with Crippen molar-refractivity contribution < 1.29 is 14.6 Å². The van der Waals surface area contributed by atoms with Crippen LogP contribution in [0.5, 0.6) is 0 Å². The molecule has 0 amide bonds. The van der Waals surface area contributed by atoms with Crippen LogP contribution < -0.4 is 0 Å². The molecule has 4 fully saturated rings. The fourth-order valence-corrected chi connectivity index (χ4v) is 9.00. The first kappa shape index (κ1) is 22.6. The minimum absolute atomic E-state index is 0.0236. The molecule has 3 heteroatoms. The fourth-order valence-electron chi connectivity index (χ4n) is 9.00. The third-order valence-electron chi connectivity index (χ3n) is 10.3. The number of fused-ring (bicyclic) bond motifs is 5. The Hall–Kier alpha value is -0.570. The number of hydrogen-bond acceptors (Lipinski definition) is 3. The molecule has 0 spiro atoms. The van der Waals surface area contributed by atoms with Gasteiger partial charge < -0.3 is 9.84 Å². The van der Waals surface area contributed by atoms with Crippen LogP contribution in [0.15, 0.2) is 0 Å². The first-order chi connectivity index (χ1) is 13.9. The molecule has 5 unspecified atom stereocenters. The lowest BCUT2D eigenvalue weighted by Gasteiger charge is -2.61. The molecule has 4 aliphatic rings. The summed E-state index contributed by atoms with van der Waals surface area (Å²) in [5, 5.41) is 10.3.